The van der Waals surface area contributed by atoms with Crippen LogP contribution in [0.5, 0.6) is 5.75 Å². The number of ether oxygens (including phenoxy) is 1. The molecule has 1 heterocycles. The minimum Gasteiger partial charge on any atom is -0.491 e. The summed E-state index contributed by atoms with van der Waals surface area (Å²) < 4.78 is 7.98. The van der Waals surface area contributed by atoms with Crippen molar-refractivity contribution in [3.8, 4) is 17.1 Å². The first-order valence-corrected chi connectivity index (χ1v) is 10.4. The van der Waals surface area contributed by atoms with Gasteiger partial charge in [-0.2, -0.15) is 0 Å². The van der Waals surface area contributed by atoms with Gasteiger partial charge in [-0.05, 0) is 44.2 Å². The Hall–Kier alpha value is -2.52. The lowest BCUT2D eigenvalue weighted by molar-refractivity contribution is -0.113. The molecule has 3 aromatic rings. The average molecular weight is 462 g/mol. The number of carbonyl (C=O) groups is 1. The van der Waals surface area contributed by atoms with Crippen LogP contribution in [0.4, 0.5) is 5.69 Å². The highest BCUT2D eigenvalue weighted by Crippen LogP contribution is 2.25. The van der Waals surface area contributed by atoms with E-state index in [2.05, 4.69) is 31.4 Å². The number of hydrogen-bond donors (Lipinski definition) is 2. The Bertz CT molecular complexity index is 976. The summed E-state index contributed by atoms with van der Waals surface area (Å²) in [5.41, 5.74) is 1.51. The predicted molar refractivity (Wildman–Crippen MR) is 115 cm³/mol. The standard InChI is InChI=1S/C19H20BrN5O2S/c1-12(2)27-16-8-3-5-13(9-16)18-23-24-19(25(18)21)28-11-17(26)22-15-7-4-6-14(20)10-15/h3-10,12H,11,21H2,1-2H3,(H,22,26). The van der Waals surface area contributed by atoms with Crippen LogP contribution in [-0.4, -0.2) is 32.6 Å². The largest absolute Gasteiger partial charge is 0.491 e. The number of amides is 1. The van der Waals surface area contributed by atoms with Gasteiger partial charge in [0, 0.05) is 15.7 Å². The minimum absolute atomic E-state index is 0.0702. The quantitative estimate of drug-likeness (QED) is 0.408. The van der Waals surface area contributed by atoms with Crippen molar-refractivity contribution in [3.63, 3.8) is 0 Å². The third-order valence-corrected chi connectivity index (χ3v) is 5.01. The second-order valence-electron chi connectivity index (χ2n) is 6.22. The summed E-state index contributed by atoms with van der Waals surface area (Å²) in [7, 11) is 0. The Kier molecular flexibility index (Phi) is 6.58. The predicted octanol–water partition coefficient (Wildman–Crippen LogP) is 3.94. The molecule has 0 radical (unpaired) electrons. The molecule has 0 fully saturated rings. The van der Waals surface area contributed by atoms with Crippen LogP contribution >= 0.6 is 27.7 Å². The van der Waals surface area contributed by atoms with E-state index in [9.17, 15) is 4.79 Å². The Morgan fingerprint density at radius 3 is 2.79 bits per heavy atom. The van der Waals surface area contributed by atoms with Crippen molar-refractivity contribution < 1.29 is 9.53 Å². The molecule has 3 rings (SSSR count). The molecule has 2 aromatic carbocycles. The van der Waals surface area contributed by atoms with Crippen LogP contribution in [-0.2, 0) is 4.79 Å². The number of halogens is 1. The van der Waals surface area contributed by atoms with Gasteiger partial charge >= 0.3 is 0 Å². The van der Waals surface area contributed by atoms with E-state index in [4.69, 9.17) is 10.6 Å². The van der Waals surface area contributed by atoms with E-state index in [1.165, 1.54) is 16.4 Å². The first kappa shape index (κ1) is 20.2. The van der Waals surface area contributed by atoms with Crippen molar-refractivity contribution in [2.45, 2.75) is 25.1 Å². The highest BCUT2D eigenvalue weighted by atomic mass is 79.9. The van der Waals surface area contributed by atoms with E-state index in [0.717, 1.165) is 21.5 Å². The second-order valence-corrected chi connectivity index (χ2v) is 8.08. The molecule has 3 N–H and O–H groups in total. The van der Waals surface area contributed by atoms with Gasteiger partial charge in [-0.1, -0.05) is 45.9 Å². The van der Waals surface area contributed by atoms with Crippen molar-refractivity contribution in [1.82, 2.24) is 14.9 Å². The van der Waals surface area contributed by atoms with Gasteiger partial charge in [0.05, 0.1) is 11.9 Å². The van der Waals surface area contributed by atoms with E-state index in [1.54, 1.807) is 0 Å². The van der Waals surface area contributed by atoms with Crippen LogP contribution in [0.3, 0.4) is 0 Å². The molecule has 0 aliphatic carbocycles. The van der Waals surface area contributed by atoms with Gasteiger partial charge in [0.2, 0.25) is 11.1 Å². The van der Waals surface area contributed by atoms with Crippen LogP contribution in [0, 0.1) is 0 Å². The van der Waals surface area contributed by atoms with E-state index >= 15 is 0 Å². The van der Waals surface area contributed by atoms with Crippen molar-refractivity contribution in [1.29, 1.82) is 0 Å². The SMILES string of the molecule is CC(C)Oc1cccc(-c2nnc(SCC(=O)Nc3cccc(Br)c3)n2N)c1. The van der Waals surface area contributed by atoms with Gasteiger partial charge in [0.1, 0.15) is 5.75 Å². The minimum atomic E-state index is -0.153. The number of nitrogens with one attached hydrogen (secondary N) is 1. The van der Waals surface area contributed by atoms with Crippen LogP contribution in [0.15, 0.2) is 58.2 Å². The van der Waals surface area contributed by atoms with Crippen LogP contribution in [0.2, 0.25) is 0 Å². The Labute approximate surface area is 175 Å². The zero-order valence-electron chi connectivity index (χ0n) is 15.4. The number of aromatic nitrogens is 3. The lowest BCUT2D eigenvalue weighted by Gasteiger charge is -2.10. The number of nitrogens with two attached hydrogens (primary N) is 1. The summed E-state index contributed by atoms with van der Waals surface area (Å²) in [6.07, 6.45) is 0.0702. The van der Waals surface area contributed by atoms with E-state index in [0.29, 0.717) is 11.0 Å². The van der Waals surface area contributed by atoms with Gasteiger partial charge < -0.3 is 15.9 Å². The van der Waals surface area contributed by atoms with E-state index in [1.807, 2.05) is 62.4 Å². The van der Waals surface area contributed by atoms with Gasteiger partial charge in [-0.25, -0.2) is 4.68 Å². The molecule has 0 saturated carbocycles. The molecule has 0 aliphatic rings. The summed E-state index contributed by atoms with van der Waals surface area (Å²) in [5.74, 6) is 7.39. The molecule has 1 amide bonds. The Balaban J connectivity index is 1.65. The Morgan fingerprint density at radius 2 is 2.04 bits per heavy atom. The van der Waals surface area contributed by atoms with Crippen molar-refractivity contribution >= 4 is 39.3 Å². The fraction of sp³-hybridized carbons (Fsp3) is 0.211. The van der Waals surface area contributed by atoms with Crippen LogP contribution in [0.25, 0.3) is 11.4 Å². The number of hydrogen-bond acceptors (Lipinski definition) is 6. The first-order chi connectivity index (χ1) is 13.4. The van der Waals surface area contributed by atoms with Gasteiger partial charge in [0.15, 0.2) is 5.82 Å². The summed E-state index contributed by atoms with van der Waals surface area (Å²) in [6.45, 7) is 3.93. The van der Waals surface area contributed by atoms with Crippen LogP contribution < -0.4 is 15.9 Å². The molecule has 146 valence electrons. The normalized spacial score (nSPS) is 10.9. The molecule has 0 aliphatic heterocycles. The number of rotatable bonds is 7. The number of carbonyl (C=O) groups excluding carboxylic acids is 1. The monoisotopic (exact) mass is 461 g/mol. The maximum atomic E-state index is 12.2. The van der Waals surface area contributed by atoms with Gasteiger partial charge in [-0.3, -0.25) is 4.79 Å². The van der Waals surface area contributed by atoms with Crippen molar-refractivity contribution in [2.75, 3.05) is 16.9 Å². The maximum absolute atomic E-state index is 12.2. The lowest BCUT2D eigenvalue weighted by atomic mass is 10.2. The van der Waals surface area contributed by atoms with Gasteiger partial charge in [0.25, 0.3) is 0 Å². The first-order valence-electron chi connectivity index (χ1n) is 8.58. The lowest BCUT2D eigenvalue weighted by Crippen LogP contribution is -2.16. The molecular weight excluding hydrogens is 442 g/mol. The Morgan fingerprint density at radius 1 is 1.25 bits per heavy atom. The topological polar surface area (TPSA) is 95.1 Å². The highest BCUT2D eigenvalue weighted by molar-refractivity contribution is 9.10. The van der Waals surface area contributed by atoms with E-state index in [-0.39, 0.29) is 17.8 Å². The molecule has 7 nitrogen and oxygen atoms in total. The summed E-state index contributed by atoms with van der Waals surface area (Å²) in [5, 5.41) is 11.5. The zero-order chi connectivity index (χ0) is 20.1. The summed E-state index contributed by atoms with van der Waals surface area (Å²) in [6, 6.07) is 14.9. The number of benzene rings is 2. The van der Waals surface area contributed by atoms with Crippen molar-refractivity contribution in [3.05, 3.63) is 53.0 Å². The fourth-order valence-electron chi connectivity index (χ4n) is 2.45. The second kappa shape index (κ2) is 9.11. The molecule has 1 aromatic heterocycles. The molecule has 0 spiro atoms. The number of thioether (sulfide) groups is 1. The number of anilines is 1. The summed E-state index contributed by atoms with van der Waals surface area (Å²) in [4.78, 5) is 12.2. The van der Waals surface area contributed by atoms with Crippen molar-refractivity contribution in [2.24, 2.45) is 0 Å². The third-order valence-electron chi connectivity index (χ3n) is 3.57. The third kappa shape index (κ3) is 5.26. The molecule has 9 heteroatoms. The maximum Gasteiger partial charge on any atom is 0.234 e. The molecule has 28 heavy (non-hydrogen) atoms. The smallest absolute Gasteiger partial charge is 0.234 e. The average Bonchev–Trinajstić information content (AvgIpc) is 3.00. The van der Waals surface area contributed by atoms with Crippen LogP contribution in [0.1, 0.15) is 13.8 Å². The highest BCUT2D eigenvalue weighted by Gasteiger charge is 2.14. The number of nitrogens with zero attached hydrogens (tertiary/aromatic N) is 3. The molecule has 0 saturated heterocycles. The molecule has 0 unspecified atom stereocenters. The molecule has 0 bridgehead atoms. The molecular formula is C19H20BrN5O2S. The van der Waals surface area contributed by atoms with Gasteiger partial charge in [-0.15, -0.1) is 10.2 Å². The summed E-state index contributed by atoms with van der Waals surface area (Å²) >= 11 is 4.59. The fourth-order valence-corrected chi connectivity index (χ4v) is 3.50. The number of nitrogen functional groups attached to an aromatic ring is 1. The molecule has 0 atom stereocenters. The van der Waals surface area contributed by atoms with E-state index < -0.39 is 0 Å². The zero-order valence-corrected chi connectivity index (χ0v) is 17.8.